The summed E-state index contributed by atoms with van der Waals surface area (Å²) in [5, 5.41) is 0. The van der Waals surface area contributed by atoms with Crippen LogP contribution in [0.2, 0.25) is 0 Å². The first kappa shape index (κ1) is 37.5. The molecule has 2 aliphatic rings. The molecule has 0 aromatic heterocycles. The maximum absolute atomic E-state index is 14.6. The van der Waals surface area contributed by atoms with Crippen molar-refractivity contribution in [1.29, 1.82) is 0 Å². The van der Waals surface area contributed by atoms with Gasteiger partial charge < -0.3 is 0 Å². The van der Waals surface area contributed by atoms with Gasteiger partial charge in [0.25, 0.3) is 0 Å². The van der Waals surface area contributed by atoms with E-state index in [9.17, 15) is 74.6 Å². The van der Waals surface area contributed by atoms with Crippen LogP contribution < -0.4 is 0 Å². The zero-order valence-electron chi connectivity index (χ0n) is 23.4. The molecule has 45 heavy (non-hydrogen) atoms. The zero-order chi connectivity index (χ0) is 34.7. The molecule has 1 aromatic rings. The zero-order valence-corrected chi connectivity index (χ0v) is 23.4. The van der Waals surface area contributed by atoms with Crippen LogP contribution in [-0.4, -0.2) is 41.7 Å². The van der Waals surface area contributed by atoms with Crippen molar-refractivity contribution in [2.24, 2.45) is 17.8 Å². The molecule has 260 valence electrons. The fourth-order valence-electron chi connectivity index (χ4n) is 6.30. The molecule has 0 heterocycles. The Morgan fingerprint density at radius 1 is 0.467 bits per heavy atom. The normalized spacial score (nSPS) is 25.4. The van der Waals surface area contributed by atoms with E-state index in [1.54, 1.807) is 0 Å². The SMILES string of the molecule is CCC1CCC(C2CCC(c3ccc(C(F)(F)C(F)(F)C(F)(F)C(F)(F)C(F)(F)C(F)(F)C(F)(F)C(F)(F)F)cc3)CC2)CC1. The molecule has 0 N–H and O–H groups in total. The summed E-state index contributed by atoms with van der Waals surface area (Å²) >= 11 is 0. The predicted molar refractivity (Wildman–Crippen MR) is 127 cm³/mol. The molecule has 0 nitrogen and oxygen atoms in total. The summed E-state index contributed by atoms with van der Waals surface area (Å²) in [6.45, 7) is 2.12. The number of hydrogen-bond donors (Lipinski definition) is 0. The van der Waals surface area contributed by atoms with Gasteiger partial charge in [-0.05, 0) is 67.8 Å². The van der Waals surface area contributed by atoms with Gasteiger partial charge in [0.05, 0.1) is 0 Å². The van der Waals surface area contributed by atoms with Crippen LogP contribution in [0.5, 0.6) is 0 Å². The summed E-state index contributed by atoms with van der Waals surface area (Å²) in [7, 11) is 0. The van der Waals surface area contributed by atoms with Gasteiger partial charge >= 0.3 is 47.6 Å². The lowest BCUT2D eigenvalue weighted by atomic mass is 9.68. The second-order valence-electron chi connectivity index (χ2n) is 11.9. The topological polar surface area (TPSA) is 0 Å². The Morgan fingerprint density at radius 3 is 1.20 bits per heavy atom. The number of alkyl halides is 17. The summed E-state index contributed by atoms with van der Waals surface area (Å²) in [5.41, 5.74) is -1.90. The molecule has 17 heteroatoms. The van der Waals surface area contributed by atoms with Crippen molar-refractivity contribution in [1.82, 2.24) is 0 Å². The fourth-order valence-corrected chi connectivity index (χ4v) is 6.30. The third kappa shape index (κ3) is 5.88. The molecule has 0 amide bonds. The van der Waals surface area contributed by atoms with E-state index in [4.69, 9.17) is 0 Å². The van der Waals surface area contributed by atoms with E-state index in [0.29, 0.717) is 30.6 Å². The van der Waals surface area contributed by atoms with Crippen molar-refractivity contribution in [3.05, 3.63) is 35.4 Å². The number of rotatable bonds is 10. The maximum atomic E-state index is 14.6. The lowest BCUT2D eigenvalue weighted by Crippen LogP contribution is -2.74. The van der Waals surface area contributed by atoms with Crippen LogP contribution in [0.1, 0.15) is 81.8 Å². The second-order valence-corrected chi connectivity index (χ2v) is 11.9. The highest BCUT2D eigenvalue weighted by atomic mass is 19.4. The van der Waals surface area contributed by atoms with Crippen molar-refractivity contribution in [3.8, 4) is 0 Å². The molecule has 0 unspecified atom stereocenters. The van der Waals surface area contributed by atoms with Crippen LogP contribution in [0.25, 0.3) is 0 Å². The fraction of sp³-hybridized carbons (Fsp3) is 0.786. The average molecular weight is 689 g/mol. The van der Waals surface area contributed by atoms with Gasteiger partial charge in [-0.15, -0.1) is 0 Å². The first-order chi connectivity index (χ1) is 20.2. The first-order valence-corrected chi connectivity index (χ1v) is 14.0. The lowest BCUT2D eigenvalue weighted by molar-refractivity contribution is -0.462. The van der Waals surface area contributed by atoms with Crippen molar-refractivity contribution < 1.29 is 74.6 Å². The molecule has 0 radical (unpaired) electrons. The molecule has 0 bridgehead atoms. The van der Waals surface area contributed by atoms with Crippen molar-refractivity contribution in [2.75, 3.05) is 0 Å². The third-order valence-electron chi connectivity index (χ3n) is 9.37. The standard InChI is InChI=1S/C28H29F17/c1-2-15-3-5-16(6-4-15)17-7-9-18(10-8-17)19-11-13-20(14-12-19)21(29,30)22(31,32)23(33,34)24(35,36)25(37,38)26(39,40)27(41,42)28(43,44)45/h11-18H,2-10H2,1H3. The summed E-state index contributed by atoms with van der Waals surface area (Å²) in [4.78, 5) is 0. The van der Waals surface area contributed by atoms with E-state index in [2.05, 4.69) is 6.92 Å². The monoisotopic (exact) mass is 688 g/mol. The molecule has 0 aliphatic heterocycles. The second kappa shape index (κ2) is 11.9. The van der Waals surface area contributed by atoms with Gasteiger partial charge in [-0.2, -0.15) is 74.6 Å². The average Bonchev–Trinajstić information content (AvgIpc) is 2.96. The van der Waals surface area contributed by atoms with Crippen LogP contribution in [0.15, 0.2) is 24.3 Å². The number of halogens is 17. The van der Waals surface area contributed by atoms with Crippen LogP contribution >= 0.6 is 0 Å². The molecule has 1 aromatic carbocycles. The van der Waals surface area contributed by atoms with Crippen LogP contribution in [-0.2, 0) is 5.92 Å². The van der Waals surface area contributed by atoms with Gasteiger partial charge in [0.15, 0.2) is 0 Å². The Kier molecular flexibility index (Phi) is 9.93. The van der Waals surface area contributed by atoms with Crippen LogP contribution in [0.4, 0.5) is 74.6 Å². The summed E-state index contributed by atoms with van der Waals surface area (Å²) in [6, 6.07) is 1.75. The van der Waals surface area contributed by atoms with Crippen molar-refractivity contribution in [3.63, 3.8) is 0 Å². The van der Waals surface area contributed by atoms with E-state index in [-0.39, 0.29) is 23.6 Å². The van der Waals surface area contributed by atoms with Crippen molar-refractivity contribution in [2.45, 2.75) is 118 Å². The minimum atomic E-state index is -8.62. The minimum absolute atomic E-state index is 0.0974. The summed E-state index contributed by atoms with van der Waals surface area (Å²) < 4.78 is 231. The molecular formula is C28H29F17. The van der Waals surface area contributed by atoms with Gasteiger partial charge in [0.1, 0.15) is 0 Å². The van der Waals surface area contributed by atoms with E-state index >= 15 is 0 Å². The van der Waals surface area contributed by atoms with E-state index in [0.717, 1.165) is 57.1 Å². The highest BCUT2D eigenvalue weighted by Crippen LogP contribution is 2.65. The van der Waals surface area contributed by atoms with Gasteiger partial charge in [-0.3, -0.25) is 0 Å². The Morgan fingerprint density at radius 2 is 0.822 bits per heavy atom. The maximum Gasteiger partial charge on any atom is 0.460 e. The van der Waals surface area contributed by atoms with E-state index in [1.807, 2.05) is 0 Å². The summed E-state index contributed by atoms with van der Waals surface area (Å²) in [5.74, 6) is -55.1. The third-order valence-corrected chi connectivity index (χ3v) is 9.37. The molecule has 2 aliphatic carbocycles. The highest BCUT2D eigenvalue weighted by molar-refractivity contribution is 5.31. The van der Waals surface area contributed by atoms with Crippen molar-refractivity contribution >= 4 is 0 Å². The Bertz CT molecular complexity index is 1140. The minimum Gasteiger partial charge on any atom is -0.194 e. The van der Waals surface area contributed by atoms with Crippen LogP contribution in [0.3, 0.4) is 0 Å². The Balaban J connectivity index is 1.81. The van der Waals surface area contributed by atoms with E-state index in [1.165, 1.54) is 0 Å². The molecule has 0 spiro atoms. The number of hydrogen-bond acceptors (Lipinski definition) is 0. The van der Waals surface area contributed by atoms with E-state index < -0.39 is 53.2 Å². The smallest absolute Gasteiger partial charge is 0.194 e. The van der Waals surface area contributed by atoms with Gasteiger partial charge in [0.2, 0.25) is 0 Å². The largest absolute Gasteiger partial charge is 0.460 e. The predicted octanol–water partition coefficient (Wildman–Crippen LogP) is 11.6. The molecular weight excluding hydrogens is 659 g/mol. The lowest BCUT2D eigenvalue weighted by Gasteiger charge is -2.42. The Hall–Kier alpha value is -1.97. The highest BCUT2D eigenvalue weighted by Gasteiger charge is 2.95. The van der Waals surface area contributed by atoms with Gasteiger partial charge in [0, 0.05) is 5.56 Å². The van der Waals surface area contributed by atoms with Crippen LogP contribution in [0, 0.1) is 17.8 Å². The Labute approximate surface area is 246 Å². The first-order valence-electron chi connectivity index (χ1n) is 14.0. The number of benzene rings is 1. The molecule has 3 rings (SSSR count). The van der Waals surface area contributed by atoms with Gasteiger partial charge in [-0.1, -0.05) is 50.5 Å². The summed E-state index contributed by atoms with van der Waals surface area (Å²) in [6.07, 6.45) is 0.218. The molecule has 2 saturated carbocycles. The molecule has 0 atom stereocenters. The molecule has 0 saturated heterocycles. The van der Waals surface area contributed by atoms with Gasteiger partial charge in [-0.25, -0.2) is 0 Å². The quantitative estimate of drug-likeness (QED) is 0.215. The molecule has 2 fully saturated rings.